The van der Waals surface area contributed by atoms with E-state index in [9.17, 15) is 9.90 Å². The molecule has 0 aromatic heterocycles. The van der Waals surface area contributed by atoms with Crippen molar-refractivity contribution in [3.05, 3.63) is 28.8 Å². The summed E-state index contributed by atoms with van der Waals surface area (Å²) in [6.45, 7) is 0. The van der Waals surface area contributed by atoms with Gasteiger partial charge in [-0.05, 0) is 61.3 Å². The maximum Gasteiger partial charge on any atom is 0.314 e. The van der Waals surface area contributed by atoms with Gasteiger partial charge in [0.25, 0.3) is 0 Å². The van der Waals surface area contributed by atoms with Crippen molar-refractivity contribution in [1.29, 1.82) is 0 Å². The van der Waals surface area contributed by atoms with Gasteiger partial charge >= 0.3 is 5.97 Å². The SMILES string of the molecule is COc1ccc(C2(C(=O)O)CCCC2)c2c1CCCC2. The van der Waals surface area contributed by atoms with Crippen LogP contribution in [0.5, 0.6) is 5.75 Å². The van der Waals surface area contributed by atoms with Crippen molar-refractivity contribution in [2.24, 2.45) is 0 Å². The van der Waals surface area contributed by atoms with Crippen molar-refractivity contribution in [2.75, 3.05) is 7.11 Å². The van der Waals surface area contributed by atoms with Crippen LogP contribution in [0.4, 0.5) is 0 Å². The second-order valence-corrected chi connectivity index (χ2v) is 6.07. The van der Waals surface area contributed by atoms with Gasteiger partial charge in [0.15, 0.2) is 0 Å². The standard InChI is InChI=1S/C17H22O3/c1-20-15-9-8-14(12-6-2-3-7-13(12)15)17(16(18)19)10-4-5-11-17/h8-9H,2-7,10-11H2,1H3,(H,18,19). The van der Waals surface area contributed by atoms with E-state index in [4.69, 9.17) is 4.74 Å². The lowest BCUT2D eigenvalue weighted by Crippen LogP contribution is -2.34. The van der Waals surface area contributed by atoms with Crippen molar-refractivity contribution < 1.29 is 14.6 Å². The molecule has 0 radical (unpaired) electrons. The molecule has 3 nitrogen and oxygen atoms in total. The van der Waals surface area contributed by atoms with Crippen LogP contribution in [0.2, 0.25) is 0 Å². The van der Waals surface area contributed by atoms with E-state index in [1.807, 2.05) is 12.1 Å². The molecule has 1 aromatic carbocycles. The molecule has 0 saturated heterocycles. The van der Waals surface area contributed by atoms with Crippen molar-refractivity contribution in [3.63, 3.8) is 0 Å². The van der Waals surface area contributed by atoms with E-state index >= 15 is 0 Å². The number of methoxy groups -OCH3 is 1. The Hall–Kier alpha value is -1.51. The zero-order chi connectivity index (χ0) is 14.2. The first-order valence-corrected chi connectivity index (χ1v) is 7.62. The van der Waals surface area contributed by atoms with E-state index in [2.05, 4.69) is 0 Å². The zero-order valence-electron chi connectivity index (χ0n) is 12.1. The number of carboxylic acids is 1. The average Bonchev–Trinajstić information content (AvgIpc) is 2.97. The number of rotatable bonds is 3. The first-order valence-electron chi connectivity index (χ1n) is 7.62. The first kappa shape index (κ1) is 13.5. The van der Waals surface area contributed by atoms with Crippen LogP contribution < -0.4 is 4.74 Å². The Labute approximate surface area is 120 Å². The summed E-state index contributed by atoms with van der Waals surface area (Å²) in [7, 11) is 1.70. The predicted octanol–water partition coefficient (Wildman–Crippen LogP) is 3.47. The molecule has 0 bridgehead atoms. The Bertz CT molecular complexity index is 527. The van der Waals surface area contributed by atoms with Crippen molar-refractivity contribution in [2.45, 2.75) is 56.8 Å². The maximum absolute atomic E-state index is 11.9. The maximum atomic E-state index is 11.9. The highest BCUT2D eigenvalue weighted by Gasteiger charge is 2.44. The number of carbonyl (C=O) groups is 1. The van der Waals surface area contributed by atoms with Gasteiger partial charge in [0.1, 0.15) is 5.75 Å². The minimum absolute atomic E-state index is 0.645. The number of benzene rings is 1. The molecule has 0 spiro atoms. The number of carboxylic acid groups (broad SMARTS) is 1. The lowest BCUT2D eigenvalue weighted by Gasteiger charge is -2.31. The van der Waals surface area contributed by atoms with Crippen LogP contribution in [0.3, 0.4) is 0 Å². The number of fused-ring (bicyclic) bond motifs is 1. The lowest BCUT2D eigenvalue weighted by atomic mass is 9.73. The molecule has 0 aliphatic heterocycles. The Balaban J connectivity index is 2.16. The summed E-state index contributed by atoms with van der Waals surface area (Å²) in [5, 5.41) is 9.81. The molecule has 1 fully saturated rings. The number of ether oxygens (including phenoxy) is 1. The van der Waals surface area contributed by atoms with Gasteiger partial charge < -0.3 is 9.84 Å². The van der Waals surface area contributed by atoms with Crippen LogP contribution in [0.25, 0.3) is 0 Å². The molecule has 3 heteroatoms. The highest BCUT2D eigenvalue weighted by molar-refractivity contribution is 5.83. The Morgan fingerprint density at radius 1 is 1.10 bits per heavy atom. The molecule has 0 heterocycles. The molecule has 2 aliphatic rings. The summed E-state index contributed by atoms with van der Waals surface area (Å²) in [4.78, 5) is 11.9. The van der Waals surface area contributed by atoms with Crippen molar-refractivity contribution >= 4 is 5.97 Å². The van der Waals surface area contributed by atoms with E-state index in [-0.39, 0.29) is 0 Å². The minimum Gasteiger partial charge on any atom is -0.496 e. The third-order valence-corrected chi connectivity index (χ3v) is 5.09. The van der Waals surface area contributed by atoms with Gasteiger partial charge in [-0.3, -0.25) is 4.79 Å². The van der Waals surface area contributed by atoms with Crippen LogP contribution in [-0.2, 0) is 23.1 Å². The fraction of sp³-hybridized carbons (Fsp3) is 0.588. The summed E-state index contributed by atoms with van der Waals surface area (Å²) < 4.78 is 5.48. The molecule has 20 heavy (non-hydrogen) atoms. The van der Waals surface area contributed by atoms with E-state index in [1.165, 1.54) is 17.5 Å². The van der Waals surface area contributed by atoms with Gasteiger partial charge in [0.05, 0.1) is 12.5 Å². The molecule has 3 rings (SSSR count). The van der Waals surface area contributed by atoms with Crippen molar-refractivity contribution in [3.8, 4) is 5.75 Å². The summed E-state index contributed by atoms with van der Waals surface area (Å²) >= 11 is 0. The Kier molecular flexibility index (Phi) is 3.45. The topological polar surface area (TPSA) is 46.5 Å². The minimum atomic E-state index is -0.645. The summed E-state index contributed by atoms with van der Waals surface area (Å²) in [6, 6.07) is 3.99. The number of hydrogen-bond donors (Lipinski definition) is 1. The second-order valence-electron chi connectivity index (χ2n) is 6.07. The second kappa shape index (κ2) is 5.12. The zero-order valence-corrected chi connectivity index (χ0v) is 12.1. The van der Waals surface area contributed by atoms with E-state index in [1.54, 1.807) is 7.11 Å². The quantitative estimate of drug-likeness (QED) is 0.918. The molecule has 1 saturated carbocycles. The van der Waals surface area contributed by atoms with Gasteiger partial charge in [-0.15, -0.1) is 0 Å². The Morgan fingerprint density at radius 2 is 1.75 bits per heavy atom. The van der Waals surface area contributed by atoms with E-state index in [0.29, 0.717) is 0 Å². The fourth-order valence-electron chi connectivity index (χ4n) is 4.05. The largest absolute Gasteiger partial charge is 0.496 e. The summed E-state index contributed by atoms with van der Waals surface area (Å²) in [5.74, 6) is 0.287. The van der Waals surface area contributed by atoms with Gasteiger partial charge in [0, 0.05) is 0 Å². The Morgan fingerprint density at radius 3 is 2.35 bits per heavy atom. The third-order valence-electron chi connectivity index (χ3n) is 5.09. The van der Waals surface area contributed by atoms with Crippen LogP contribution in [0, 0.1) is 0 Å². The summed E-state index contributed by atoms with van der Waals surface area (Å²) in [5.41, 5.74) is 2.94. The normalized spacial score (nSPS) is 20.4. The predicted molar refractivity (Wildman–Crippen MR) is 77.4 cm³/mol. The highest BCUT2D eigenvalue weighted by Crippen LogP contribution is 2.46. The molecule has 1 aromatic rings. The number of hydrogen-bond acceptors (Lipinski definition) is 2. The van der Waals surface area contributed by atoms with Gasteiger partial charge in [-0.25, -0.2) is 0 Å². The molecule has 108 valence electrons. The molecule has 0 amide bonds. The molecule has 1 N–H and O–H groups in total. The average molecular weight is 274 g/mol. The van der Waals surface area contributed by atoms with Crippen LogP contribution >= 0.6 is 0 Å². The van der Waals surface area contributed by atoms with Crippen LogP contribution in [0.15, 0.2) is 12.1 Å². The first-order chi connectivity index (χ1) is 9.69. The highest BCUT2D eigenvalue weighted by atomic mass is 16.5. The lowest BCUT2D eigenvalue weighted by molar-refractivity contribution is -0.143. The van der Waals surface area contributed by atoms with Gasteiger partial charge in [-0.2, -0.15) is 0 Å². The molecule has 2 aliphatic carbocycles. The fourth-order valence-corrected chi connectivity index (χ4v) is 4.05. The molecular weight excluding hydrogens is 252 g/mol. The molecule has 0 atom stereocenters. The van der Waals surface area contributed by atoms with Gasteiger partial charge in [-0.1, -0.05) is 18.9 Å². The van der Waals surface area contributed by atoms with E-state index in [0.717, 1.165) is 56.3 Å². The van der Waals surface area contributed by atoms with Crippen LogP contribution in [0.1, 0.15) is 55.2 Å². The smallest absolute Gasteiger partial charge is 0.314 e. The summed E-state index contributed by atoms with van der Waals surface area (Å²) in [6.07, 6.45) is 7.94. The third kappa shape index (κ3) is 1.91. The molecular formula is C17H22O3. The monoisotopic (exact) mass is 274 g/mol. The van der Waals surface area contributed by atoms with E-state index < -0.39 is 11.4 Å². The molecule has 0 unspecified atom stereocenters. The van der Waals surface area contributed by atoms with Gasteiger partial charge in [0.2, 0.25) is 0 Å². The van der Waals surface area contributed by atoms with Crippen molar-refractivity contribution in [1.82, 2.24) is 0 Å². The van der Waals surface area contributed by atoms with Crippen LogP contribution in [-0.4, -0.2) is 18.2 Å². The number of aliphatic carboxylic acids is 1.